The molecule has 1 heterocycles. The van der Waals surface area contributed by atoms with Gasteiger partial charge in [-0.05, 0) is 53.8 Å². The molecule has 1 saturated heterocycles. The van der Waals surface area contributed by atoms with Gasteiger partial charge in [-0.15, -0.1) is 0 Å². The highest BCUT2D eigenvalue weighted by atomic mass is 19.1. The first-order chi connectivity index (χ1) is 14.5. The monoisotopic (exact) mass is 409 g/mol. The fraction of sp³-hybridized carbons (Fsp3) is 0.292. The second-order valence-electron chi connectivity index (χ2n) is 8.12. The van der Waals surface area contributed by atoms with Crippen molar-refractivity contribution in [2.24, 2.45) is 10.9 Å². The smallest absolute Gasteiger partial charge is 0.192 e. The highest BCUT2D eigenvalue weighted by molar-refractivity contribution is 5.84. The Balaban J connectivity index is 1.44. The van der Waals surface area contributed by atoms with Gasteiger partial charge in [0.15, 0.2) is 5.96 Å². The third kappa shape index (κ3) is 3.62. The van der Waals surface area contributed by atoms with Crippen LogP contribution >= 0.6 is 0 Å². The molecule has 1 aliphatic heterocycles. The summed E-state index contributed by atoms with van der Waals surface area (Å²) in [7, 11) is 0. The molecule has 2 aliphatic carbocycles. The quantitative estimate of drug-likeness (QED) is 0.716. The van der Waals surface area contributed by atoms with E-state index in [1.54, 1.807) is 18.2 Å². The predicted octanol–water partition coefficient (Wildman–Crippen LogP) is 4.74. The molecule has 3 nitrogen and oxygen atoms in total. The molecule has 0 aromatic heterocycles. The van der Waals surface area contributed by atoms with E-state index in [0.29, 0.717) is 25.3 Å². The minimum absolute atomic E-state index is 0.172. The van der Waals surface area contributed by atoms with Crippen molar-refractivity contribution >= 4 is 5.96 Å². The summed E-state index contributed by atoms with van der Waals surface area (Å²) in [5.74, 6) is -0.253. The molecule has 0 amide bonds. The van der Waals surface area contributed by atoms with Crippen molar-refractivity contribution in [2.45, 2.75) is 37.1 Å². The van der Waals surface area contributed by atoms with Gasteiger partial charge < -0.3 is 10.6 Å². The Hall–Kier alpha value is -3.02. The van der Waals surface area contributed by atoms with Crippen LogP contribution in [-0.4, -0.2) is 17.7 Å². The van der Waals surface area contributed by atoms with Crippen molar-refractivity contribution < 1.29 is 13.2 Å². The Bertz CT molecular complexity index is 1060. The van der Waals surface area contributed by atoms with E-state index in [1.165, 1.54) is 24.3 Å². The summed E-state index contributed by atoms with van der Waals surface area (Å²) in [5, 5.41) is 6.71. The van der Waals surface area contributed by atoms with Crippen LogP contribution in [0.2, 0.25) is 0 Å². The van der Waals surface area contributed by atoms with Gasteiger partial charge in [0, 0.05) is 5.92 Å². The maximum atomic E-state index is 14.9. The van der Waals surface area contributed by atoms with Gasteiger partial charge >= 0.3 is 0 Å². The minimum Gasteiger partial charge on any atom is -0.347 e. The number of halogens is 3. The van der Waals surface area contributed by atoms with E-state index in [9.17, 15) is 13.2 Å². The van der Waals surface area contributed by atoms with Gasteiger partial charge in [-0.25, -0.2) is 18.2 Å². The number of benzene rings is 2. The maximum Gasteiger partial charge on any atom is 0.192 e. The number of hydrogen-bond donors (Lipinski definition) is 2. The molecule has 5 rings (SSSR count). The summed E-state index contributed by atoms with van der Waals surface area (Å²) in [4.78, 5) is 4.55. The van der Waals surface area contributed by atoms with Crippen LogP contribution in [0, 0.1) is 17.6 Å². The first-order valence-electron chi connectivity index (χ1n) is 10.2. The molecule has 3 aliphatic rings. The molecule has 2 N–H and O–H groups in total. The first-order valence-corrected chi connectivity index (χ1v) is 10.2. The van der Waals surface area contributed by atoms with E-state index in [4.69, 9.17) is 0 Å². The molecule has 4 atom stereocenters. The van der Waals surface area contributed by atoms with Gasteiger partial charge in [0.25, 0.3) is 0 Å². The van der Waals surface area contributed by atoms with Crippen LogP contribution in [0.3, 0.4) is 0 Å². The van der Waals surface area contributed by atoms with Gasteiger partial charge in [-0.3, -0.25) is 0 Å². The second kappa shape index (κ2) is 7.35. The second-order valence-corrected chi connectivity index (χ2v) is 8.12. The molecule has 1 saturated carbocycles. The zero-order chi connectivity index (χ0) is 20.7. The third-order valence-corrected chi connectivity index (χ3v) is 6.02. The van der Waals surface area contributed by atoms with Crippen molar-refractivity contribution in [2.75, 3.05) is 0 Å². The number of nitrogens with zero attached hydrogens (tertiary/aromatic N) is 1. The maximum absolute atomic E-state index is 14.9. The molecule has 0 radical (unpaired) electrons. The summed E-state index contributed by atoms with van der Waals surface area (Å²) in [5.41, 5.74) is 1.23. The molecule has 6 heteroatoms. The van der Waals surface area contributed by atoms with Crippen molar-refractivity contribution in [1.82, 2.24) is 10.6 Å². The molecule has 30 heavy (non-hydrogen) atoms. The number of hydrogen-bond acceptors (Lipinski definition) is 1. The zero-order valence-electron chi connectivity index (χ0n) is 16.3. The summed E-state index contributed by atoms with van der Waals surface area (Å²) in [6.07, 6.45) is 6.74. The molecule has 3 unspecified atom stereocenters. The topological polar surface area (TPSA) is 36.4 Å². The van der Waals surface area contributed by atoms with Gasteiger partial charge in [-0.2, -0.15) is 0 Å². The third-order valence-electron chi connectivity index (χ3n) is 6.02. The molecule has 2 aromatic rings. The lowest BCUT2D eigenvalue weighted by molar-refractivity contribution is 0.354. The van der Waals surface area contributed by atoms with Crippen molar-refractivity contribution in [3.8, 4) is 0 Å². The van der Waals surface area contributed by atoms with Gasteiger partial charge in [0.2, 0.25) is 0 Å². The Kier molecular flexibility index (Phi) is 4.65. The van der Waals surface area contributed by atoms with Crippen LogP contribution in [-0.2, 0) is 6.54 Å². The number of alkyl halides is 1. The highest BCUT2D eigenvalue weighted by Crippen LogP contribution is 2.55. The van der Waals surface area contributed by atoms with Crippen LogP contribution in [0.1, 0.15) is 30.0 Å². The summed E-state index contributed by atoms with van der Waals surface area (Å²) >= 11 is 0. The molecule has 154 valence electrons. The van der Waals surface area contributed by atoms with E-state index in [-0.39, 0.29) is 29.6 Å². The van der Waals surface area contributed by atoms with Crippen molar-refractivity contribution in [1.29, 1.82) is 0 Å². The van der Waals surface area contributed by atoms with Crippen LogP contribution in [0.15, 0.2) is 77.3 Å². The SMILES string of the molecule is Fc1cccc(CN=C2NC(c3cccc(F)c3)[C@@H](C3=CCC=CC4(F)CC34)N2)c1. The van der Waals surface area contributed by atoms with Crippen molar-refractivity contribution in [3.63, 3.8) is 0 Å². The van der Waals surface area contributed by atoms with Crippen LogP contribution < -0.4 is 10.6 Å². The average Bonchev–Trinajstić information content (AvgIpc) is 3.24. The number of allylic oxidation sites excluding steroid dienone is 3. The minimum atomic E-state index is -1.28. The molecule has 0 spiro atoms. The Morgan fingerprint density at radius 1 is 1.00 bits per heavy atom. The van der Waals surface area contributed by atoms with Crippen LogP contribution in [0.25, 0.3) is 0 Å². The lowest BCUT2D eigenvalue weighted by Crippen LogP contribution is -2.32. The molecule has 0 bridgehead atoms. The number of aliphatic imine (C=N–C) groups is 1. The van der Waals surface area contributed by atoms with Crippen LogP contribution in [0.4, 0.5) is 13.2 Å². The highest BCUT2D eigenvalue weighted by Gasteiger charge is 2.58. The molecular formula is C24H22F3N3. The fourth-order valence-corrected chi connectivity index (χ4v) is 4.44. The zero-order valence-corrected chi connectivity index (χ0v) is 16.3. The lowest BCUT2D eigenvalue weighted by atomic mass is 9.91. The summed E-state index contributed by atoms with van der Waals surface area (Å²) in [6.45, 7) is 0.298. The van der Waals surface area contributed by atoms with Gasteiger partial charge in [0.1, 0.15) is 17.3 Å². The Labute approximate surface area is 173 Å². The summed E-state index contributed by atoms with van der Waals surface area (Å²) < 4.78 is 42.3. The first kappa shape index (κ1) is 19.0. The normalized spacial score (nSPS) is 30.8. The Morgan fingerprint density at radius 3 is 2.57 bits per heavy atom. The predicted molar refractivity (Wildman–Crippen MR) is 111 cm³/mol. The van der Waals surface area contributed by atoms with E-state index < -0.39 is 5.67 Å². The van der Waals surface area contributed by atoms with Crippen LogP contribution in [0.5, 0.6) is 0 Å². The number of nitrogens with one attached hydrogen (secondary N) is 2. The van der Waals surface area contributed by atoms with E-state index in [0.717, 1.165) is 16.7 Å². The Morgan fingerprint density at radius 2 is 1.77 bits per heavy atom. The van der Waals surface area contributed by atoms with E-state index >= 15 is 0 Å². The lowest BCUT2D eigenvalue weighted by Gasteiger charge is -2.22. The number of fused-ring (bicyclic) bond motifs is 1. The van der Waals surface area contributed by atoms with E-state index in [1.807, 2.05) is 18.2 Å². The van der Waals surface area contributed by atoms with Gasteiger partial charge in [-0.1, -0.05) is 42.5 Å². The van der Waals surface area contributed by atoms with Gasteiger partial charge in [0.05, 0.1) is 18.6 Å². The fourth-order valence-electron chi connectivity index (χ4n) is 4.44. The largest absolute Gasteiger partial charge is 0.347 e. The average molecular weight is 409 g/mol. The summed E-state index contributed by atoms with van der Waals surface area (Å²) in [6, 6.07) is 12.2. The standard InChI is InChI=1S/C24H22F3N3/c25-17-7-3-5-15(11-17)14-28-23-29-21(16-6-4-8-18(26)12-16)22(30-23)19-9-1-2-10-24(27)13-20(19)24/h2-12,20-22H,1,13-14H2,(H2,28,29,30)/t20?,21?,22-,24?/m1/s1. The molecule has 2 fully saturated rings. The number of guanidine groups is 1. The molecule has 2 aromatic carbocycles. The van der Waals surface area contributed by atoms with Crippen molar-refractivity contribution in [3.05, 3.63) is 95.1 Å². The molecular weight excluding hydrogens is 387 g/mol. The van der Waals surface area contributed by atoms with E-state index in [2.05, 4.69) is 21.7 Å². The number of rotatable bonds is 4.